The highest BCUT2D eigenvalue weighted by Gasteiger charge is 2.27. The van der Waals surface area contributed by atoms with Gasteiger partial charge in [0.1, 0.15) is 16.4 Å². The van der Waals surface area contributed by atoms with Crippen molar-refractivity contribution >= 4 is 49.8 Å². The van der Waals surface area contributed by atoms with Gasteiger partial charge in [0.05, 0.1) is 23.9 Å². The maximum absolute atomic E-state index is 12.7. The first kappa shape index (κ1) is 20.7. The van der Waals surface area contributed by atoms with Crippen molar-refractivity contribution in [3.05, 3.63) is 43.6 Å². The molecule has 9 heteroatoms. The van der Waals surface area contributed by atoms with Gasteiger partial charge in [0.15, 0.2) is 0 Å². The summed E-state index contributed by atoms with van der Waals surface area (Å²) in [6.07, 6.45) is 6.05. The zero-order valence-corrected chi connectivity index (χ0v) is 18.6. The predicted molar refractivity (Wildman–Crippen MR) is 119 cm³/mol. The Morgan fingerprint density at radius 2 is 2.03 bits per heavy atom. The van der Waals surface area contributed by atoms with Gasteiger partial charge in [0, 0.05) is 9.75 Å². The number of hydrogen-bond acceptors (Lipinski definition) is 7. The van der Waals surface area contributed by atoms with E-state index in [2.05, 4.69) is 10.3 Å². The monoisotopic (exact) mass is 445 g/mol. The number of rotatable bonds is 6. The molecule has 1 N–H and O–H groups in total. The van der Waals surface area contributed by atoms with E-state index in [9.17, 15) is 14.4 Å². The zero-order chi connectivity index (χ0) is 21.3. The molecule has 1 aliphatic carbocycles. The van der Waals surface area contributed by atoms with E-state index < -0.39 is 5.97 Å². The number of thiophene rings is 2. The number of carbonyl (C=O) groups is 2. The van der Waals surface area contributed by atoms with E-state index in [-0.39, 0.29) is 24.6 Å². The van der Waals surface area contributed by atoms with Gasteiger partial charge in [0.25, 0.3) is 5.56 Å². The van der Waals surface area contributed by atoms with Crippen LogP contribution in [0.5, 0.6) is 0 Å². The largest absolute Gasteiger partial charge is 0.462 e. The SMILES string of the molecule is CCOC(=O)c1c(NC(=O)Cn2cnc3sc(CC)cc3c2=O)sc2c1CCCC2. The zero-order valence-electron chi connectivity index (χ0n) is 16.9. The van der Waals surface area contributed by atoms with Gasteiger partial charge in [0.2, 0.25) is 5.91 Å². The summed E-state index contributed by atoms with van der Waals surface area (Å²) < 4.78 is 6.53. The Kier molecular flexibility index (Phi) is 6.01. The minimum atomic E-state index is -0.405. The second-order valence-electron chi connectivity index (χ2n) is 7.15. The Morgan fingerprint density at radius 1 is 1.23 bits per heavy atom. The first-order chi connectivity index (χ1) is 14.5. The summed E-state index contributed by atoms with van der Waals surface area (Å²) >= 11 is 2.93. The summed E-state index contributed by atoms with van der Waals surface area (Å²) in [6, 6.07) is 1.84. The van der Waals surface area contributed by atoms with Crippen LogP contribution >= 0.6 is 22.7 Å². The quantitative estimate of drug-likeness (QED) is 0.583. The third-order valence-electron chi connectivity index (χ3n) is 5.14. The van der Waals surface area contributed by atoms with Crippen LogP contribution in [0.4, 0.5) is 5.00 Å². The Hall–Kier alpha value is -2.52. The minimum absolute atomic E-state index is 0.163. The molecule has 1 amide bonds. The summed E-state index contributed by atoms with van der Waals surface area (Å²) in [7, 11) is 0. The smallest absolute Gasteiger partial charge is 0.341 e. The number of aromatic nitrogens is 2. The van der Waals surface area contributed by atoms with E-state index >= 15 is 0 Å². The molecule has 0 bridgehead atoms. The molecule has 0 unspecified atom stereocenters. The first-order valence-corrected chi connectivity index (χ1v) is 11.7. The van der Waals surface area contributed by atoms with Crippen LogP contribution in [0.2, 0.25) is 0 Å². The standard InChI is InChI=1S/C21H23N3O4S2/c1-3-12-9-14-18(29-12)22-11-24(20(14)26)10-16(25)23-19-17(21(27)28-4-2)13-7-5-6-8-15(13)30-19/h9,11H,3-8,10H2,1-2H3,(H,23,25). The summed E-state index contributed by atoms with van der Waals surface area (Å²) in [4.78, 5) is 45.2. The van der Waals surface area contributed by atoms with Gasteiger partial charge in [-0.05, 0) is 50.7 Å². The Bertz CT molecular complexity index is 1180. The predicted octanol–water partition coefficient (Wildman–Crippen LogP) is 3.78. The number of anilines is 1. The van der Waals surface area contributed by atoms with Gasteiger partial charge in [-0.1, -0.05) is 6.92 Å². The third-order valence-corrected chi connectivity index (χ3v) is 7.53. The normalized spacial score (nSPS) is 13.3. The molecule has 0 spiro atoms. The summed E-state index contributed by atoms with van der Waals surface area (Å²) in [5, 5.41) is 3.88. The van der Waals surface area contributed by atoms with Gasteiger partial charge in [-0.3, -0.25) is 14.2 Å². The maximum atomic E-state index is 12.7. The van der Waals surface area contributed by atoms with Crippen molar-refractivity contribution in [2.24, 2.45) is 0 Å². The Balaban J connectivity index is 1.59. The van der Waals surface area contributed by atoms with Crippen molar-refractivity contribution in [3.8, 4) is 0 Å². The molecule has 1 aliphatic rings. The lowest BCUT2D eigenvalue weighted by atomic mass is 9.95. The second-order valence-corrected chi connectivity index (χ2v) is 9.37. The van der Waals surface area contributed by atoms with Crippen LogP contribution in [0.1, 0.15) is 52.4 Å². The molecule has 30 heavy (non-hydrogen) atoms. The van der Waals surface area contributed by atoms with Crippen LogP contribution in [0.25, 0.3) is 10.2 Å². The minimum Gasteiger partial charge on any atom is -0.462 e. The molecule has 3 heterocycles. The molecule has 4 rings (SSSR count). The first-order valence-electron chi connectivity index (χ1n) is 10.1. The molecule has 158 valence electrons. The van der Waals surface area contributed by atoms with Gasteiger partial charge >= 0.3 is 5.97 Å². The van der Waals surface area contributed by atoms with Gasteiger partial charge < -0.3 is 10.1 Å². The lowest BCUT2D eigenvalue weighted by molar-refractivity contribution is -0.116. The van der Waals surface area contributed by atoms with Crippen molar-refractivity contribution < 1.29 is 14.3 Å². The third kappa shape index (κ3) is 3.91. The average molecular weight is 446 g/mol. The molecule has 0 radical (unpaired) electrons. The molecule has 0 fully saturated rings. The Labute approximate surface area is 181 Å². The van der Waals surface area contributed by atoms with Crippen LogP contribution in [0.3, 0.4) is 0 Å². The number of amides is 1. The molecule has 7 nitrogen and oxygen atoms in total. The van der Waals surface area contributed by atoms with E-state index in [0.29, 0.717) is 20.8 Å². The lowest BCUT2D eigenvalue weighted by Crippen LogP contribution is -2.27. The Morgan fingerprint density at radius 3 is 2.80 bits per heavy atom. The molecule has 0 saturated heterocycles. The number of aryl methyl sites for hydroxylation is 2. The second kappa shape index (κ2) is 8.69. The summed E-state index contributed by atoms with van der Waals surface area (Å²) in [5.74, 6) is -0.772. The molecule has 0 aromatic carbocycles. The molecule has 0 saturated carbocycles. The summed E-state index contributed by atoms with van der Waals surface area (Å²) in [6.45, 7) is 3.90. The fourth-order valence-electron chi connectivity index (χ4n) is 3.69. The number of hydrogen-bond donors (Lipinski definition) is 1. The van der Waals surface area contributed by atoms with Crippen molar-refractivity contribution in [3.63, 3.8) is 0 Å². The van der Waals surface area contributed by atoms with Crippen molar-refractivity contribution in [1.29, 1.82) is 0 Å². The fourth-order valence-corrected chi connectivity index (χ4v) is 5.91. The summed E-state index contributed by atoms with van der Waals surface area (Å²) in [5.41, 5.74) is 1.23. The number of nitrogens with zero attached hydrogens (tertiary/aromatic N) is 2. The van der Waals surface area contributed by atoms with E-state index in [1.807, 2.05) is 13.0 Å². The van der Waals surface area contributed by atoms with Gasteiger partial charge in [-0.15, -0.1) is 22.7 Å². The van der Waals surface area contributed by atoms with Crippen molar-refractivity contribution in [2.75, 3.05) is 11.9 Å². The lowest BCUT2D eigenvalue weighted by Gasteiger charge is -2.12. The number of esters is 1. The maximum Gasteiger partial charge on any atom is 0.341 e. The van der Waals surface area contributed by atoms with Crippen LogP contribution < -0.4 is 10.9 Å². The van der Waals surface area contributed by atoms with Gasteiger partial charge in [-0.25, -0.2) is 9.78 Å². The van der Waals surface area contributed by atoms with E-state index in [1.165, 1.54) is 33.6 Å². The highest BCUT2D eigenvalue weighted by Crippen LogP contribution is 2.38. The molecular weight excluding hydrogens is 422 g/mol. The van der Waals surface area contributed by atoms with E-state index in [0.717, 1.165) is 47.4 Å². The molecule has 0 atom stereocenters. The number of fused-ring (bicyclic) bond motifs is 2. The van der Waals surface area contributed by atoms with E-state index in [1.54, 1.807) is 6.92 Å². The number of ether oxygens (including phenoxy) is 1. The van der Waals surface area contributed by atoms with Crippen LogP contribution in [-0.4, -0.2) is 28.0 Å². The van der Waals surface area contributed by atoms with Gasteiger partial charge in [-0.2, -0.15) is 0 Å². The number of nitrogens with one attached hydrogen (secondary N) is 1. The van der Waals surface area contributed by atoms with Crippen LogP contribution in [-0.2, 0) is 35.3 Å². The fraction of sp³-hybridized carbons (Fsp3) is 0.429. The molecule has 3 aromatic heterocycles. The average Bonchev–Trinajstić information content (AvgIpc) is 3.31. The van der Waals surface area contributed by atoms with Crippen molar-refractivity contribution in [2.45, 2.75) is 52.5 Å². The molecule has 0 aliphatic heterocycles. The van der Waals surface area contributed by atoms with Crippen molar-refractivity contribution in [1.82, 2.24) is 9.55 Å². The van der Waals surface area contributed by atoms with Crippen LogP contribution in [0, 0.1) is 0 Å². The van der Waals surface area contributed by atoms with Crippen LogP contribution in [0.15, 0.2) is 17.2 Å². The highest BCUT2D eigenvalue weighted by atomic mass is 32.1. The molecular formula is C21H23N3O4S2. The molecule has 3 aromatic rings. The highest BCUT2D eigenvalue weighted by molar-refractivity contribution is 7.18. The van der Waals surface area contributed by atoms with E-state index in [4.69, 9.17) is 4.74 Å². The number of carbonyl (C=O) groups excluding carboxylic acids is 2. The topological polar surface area (TPSA) is 90.3 Å².